The molecule has 0 saturated heterocycles. The quantitative estimate of drug-likeness (QED) is 0.536. The van der Waals surface area contributed by atoms with E-state index in [0.717, 1.165) is 25.7 Å². The molecule has 0 radical (unpaired) electrons. The van der Waals surface area contributed by atoms with Crippen molar-refractivity contribution in [1.29, 1.82) is 0 Å². The van der Waals surface area contributed by atoms with Gasteiger partial charge >= 0.3 is 0 Å². The second-order valence-electron chi connectivity index (χ2n) is 12.8. The summed E-state index contributed by atoms with van der Waals surface area (Å²) in [5, 5.41) is 32.0. The Kier molecular flexibility index (Phi) is 6.19. The topological polar surface area (TPSA) is 77.8 Å². The zero-order valence-electron chi connectivity index (χ0n) is 20.4. The smallest absolute Gasteiger partial charge is 0.164 e. The SMILES string of the molecule is CC(C)C(O)(O)CC[C@@H](C)[C@H]1CC[C@H]2[C@@H]3[C@H](O)C[C@H]4CC(=O)CC[C@]4(C)[C@H]3CC[C@]12C. The second-order valence-corrected chi connectivity index (χ2v) is 12.8. The van der Waals surface area contributed by atoms with Crippen molar-refractivity contribution in [2.75, 3.05) is 0 Å². The number of carbonyl (C=O) groups is 1. The van der Waals surface area contributed by atoms with Crippen LogP contribution in [0, 0.1) is 52.3 Å². The van der Waals surface area contributed by atoms with Crippen LogP contribution < -0.4 is 0 Å². The molecule has 0 unspecified atom stereocenters. The van der Waals surface area contributed by atoms with Crippen LogP contribution in [0.1, 0.15) is 98.8 Å². The predicted molar refractivity (Wildman–Crippen MR) is 122 cm³/mol. The van der Waals surface area contributed by atoms with E-state index in [1.54, 1.807) is 0 Å². The summed E-state index contributed by atoms with van der Waals surface area (Å²) in [5.74, 6) is 1.55. The Labute approximate surface area is 189 Å². The number of hydrogen-bond acceptors (Lipinski definition) is 4. The lowest BCUT2D eigenvalue weighted by molar-refractivity contribution is -0.200. The van der Waals surface area contributed by atoms with Gasteiger partial charge in [-0.2, -0.15) is 0 Å². The first kappa shape index (κ1) is 23.7. The molecular weight excluding hydrogens is 388 g/mol. The van der Waals surface area contributed by atoms with Crippen molar-refractivity contribution >= 4 is 5.78 Å². The van der Waals surface area contributed by atoms with Crippen molar-refractivity contribution in [3.05, 3.63) is 0 Å². The number of aliphatic hydroxyl groups excluding tert-OH is 1. The van der Waals surface area contributed by atoms with E-state index in [1.165, 1.54) is 25.7 Å². The van der Waals surface area contributed by atoms with Crippen molar-refractivity contribution in [1.82, 2.24) is 0 Å². The molecule has 4 fully saturated rings. The molecule has 0 aromatic heterocycles. The molecule has 0 aromatic rings. The lowest BCUT2D eigenvalue weighted by Gasteiger charge is -2.62. The van der Waals surface area contributed by atoms with Crippen LogP contribution in [0.4, 0.5) is 0 Å². The van der Waals surface area contributed by atoms with Gasteiger partial charge in [-0.3, -0.25) is 4.79 Å². The van der Waals surface area contributed by atoms with Gasteiger partial charge in [0.15, 0.2) is 5.79 Å². The summed E-state index contributed by atoms with van der Waals surface area (Å²) >= 11 is 0. The molecule has 0 bridgehead atoms. The summed E-state index contributed by atoms with van der Waals surface area (Å²) in [6.45, 7) is 11.0. The monoisotopic (exact) mass is 434 g/mol. The highest BCUT2D eigenvalue weighted by Crippen LogP contribution is 2.68. The largest absolute Gasteiger partial charge is 0.393 e. The van der Waals surface area contributed by atoms with Crippen molar-refractivity contribution in [3.8, 4) is 0 Å². The van der Waals surface area contributed by atoms with E-state index in [4.69, 9.17) is 0 Å². The molecule has 4 heteroatoms. The number of fused-ring (bicyclic) bond motifs is 5. The minimum Gasteiger partial charge on any atom is -0.393 e. The van der Waals surface area contributed by atoms with E-state index in [9.17, 15) is 20.1 Å². The molecule has 4 nitrogen and oxygen atoms in total. The maximum Gasteiger partial charge on any atom is 0.164 e. The number of ketones is 1. The normalized spacial score (nSPS) is 46.4. The molecule has 4 rings (SSSR count). The number of Topliss-reactive ketones (excluding diaryl/α,β-unsaturated/α-hetero) is 1. The van der Waals surface area contributed by atoms with Crippen molar-refractivity contribution in [2.24, 2.45) is 52.3 Å². The first-order valence-corrected chi connectivity index (χ1v) is 13.0. The zero-order valence-corrected chi connectivity index (χ0v) is 20.4. The van der Waals surface area contributed by atoms with Crippen LogP contribution in [0.5, 0.6) is 0 Å². The van der Waals surface area contributed by atoms with E-state index >= 15 is 0 Å². The van der Waals surface area contributed by atoms with E-state index in [-0.39, 0.29) is 22.9 Å². The minimum absolute atomic E-state index is 0.157. The predicted octanol–water partition coefficient (Wildman–Crippen LogP) is 4.94. The molecule has 0 aromatic carbocycles. The van der Waals surface area contributed by atoms with Crippen LogP contribution in [0.15, 0.2) is 0 Å². The fraction of sp³-hybridized carbons (Fsp3) is 0.963. The summed E-state index contributed by atoms with van der Waals surface area (Å²) in [6, 6.07) is 0. The van der Waals surface area contributed by atoms with Crippen LogP contribution in [-0.4, -0.2) is 33.0 Å². The number of rotatable bonds is 5. The number of hydrogen-bond donors (Lipinski definition) is 3. The maximum atomic E-state index is 12.1. The Morgan fingerprint density at radius 2 is 1.71 bits per heavy atom. The molecule has 9 atom stereocenters. The Hall–Kier alpha value is -0.450. The summed E-state index contributed by atoms with van der Waals surface area (Å²) in [5.41, 5.74) is 0.453. The fourth-order valence-corrected chi connectivity index (χ4v) is 8.92. The van der Waals surface area contributed by atoms with Crippen molar-refractivity contribution in [3.63, 3.8) is 0 Å². The van der Waals surface area contributed by atoms with Crippen LogP contribution in [0.25, 0.3) is 0 Å². The van der Waals surface area contributed by atoms with Crippen molar-refractivity contribution < 1.29 is 20.1 Å². The summed E-state index contributed by atoms with van der Waals surface area (Å²) in [4.78, 5) is 12.1. The van der Waals surface area contributed by atoms with Gasteiger partial charge < -0.3 is 15.3 Å². The van der Waals surface area contributed by atoms with E-state index in [1.807, 2.05) is 13.8 Å². The fourth-order valence-electron chi connectivity index (χ4n) is 8.92. The number of carbonyl (C=O) groups excluding carboxylic acids is 1. The Morgan fingerprint density at radius 3 is 2.39 bits per heavy atom. The lowest BCUT2D eigenvalue weighted by atomic mass is 9.44. The van der Waals surface area contributed by atoms with Crippen LogP contribution in [0.3, 0.4) is 0 Å². The Morgan fingerprint density at radius 1 is 1.03 bits per heavy atom. The molecule has 31 heavy (non-hydrogen) atoms. The summed E-state index contributed by atoms with van der Waals surface area (Å²) < 4.78 is 0. The Bertz CT molecular complexity index is 687. The third kappa shape index (κ3) is 3.83. The van der Waals surface area contributed by atoms with E-state index in [0.29, 0.717) is 54.1 Å². The third-order valence-corrected chi connectivity index (χ3v) is 11.2. The highest BCUT2D eigenvalue weighted by atomic mass is 16.5. The lowest BCUT2D eigenvalue weighted by Crippen LogP contribution is -2.58. The standard InChI is InChI=1S/C27H46O4/c1-16(2)27(30,31)13-8-17(3)20-6-7-21-24-22(10-12-26(20,21)5)25(4)11-9-19(28)14-18(25)15-23(24)29/h16-18,20-24,29-31H,6-15H2,1-5H3/t17-,18-,20-,21+,22+,23-,24+,25+,26-/m1/s1. The molecule has 178 valence electrons. The molecule has 0 amide bonds. The van der Waals surface area contributed by atoms with Crippen LogP contribution in [0.2, 0.25) is 0 Å². The van der Waals surface area contributed by atoms with E-state index in [2.05, 4.69) is 20.8 Å². The van der Waals surface area contributed by atoms with E-state index < -0.39 is 5.79 Å². The van der Waals surface area contributed by atoms with Gasteiger partial charge in [0.2, 0.25) is 0 Å². The van der Waals surface area contributed by atoms with Gasteiger partial charge in [0.1, 0.15) is 5.78 Å². The molecule has 4 aliphatic carbocycles. The molecule has 0 spiro atoms. The zero-order chi connectivity index (χ0) is 22.8. The second kappa shape index (κ2) is 8.09. The number of aliphatic hydroxyl groups is 3. The Balaban J connectivity index is 1.51. The van der Waals surface area contributed by atoms with Gasteiger partial charge in [0.25, 0.3) is 0 Å². The first-order chi connectivity index (χ1) is 14.4. The van der Waals surface area contributed by atoms with Crippen LogP contribution >= 0.6 is 0 Å². The van der Waals surface area contributed by atoms with Gasteiger partial charge in [0.05, 0.1) is 6.10 Å². The molecule has 4 aliphatic rings. The highest BCUT2D eigenvalue weighted by Gasteiger charge is 2.62. The summed E-state index contributed by atoms with van der Waals surface area (Å²) in [7, 11) is 0. The van der Waals surface area contributed by atoms with Gasteiger partial charge in [-0.05, 0) is 91.3 Å². The third-order valence-electron chi connectivity index (χ3n) is 11.2. The summed E-state index contributed by atoms with van der Waals surface area (Å²) in [6.07, 6.45) is 9.02. The molecule has 3 N–H and O–H groups in total. The average Bonchev–Trinajstić information content (AvgIpc) is 3.04. The van der Waals surface area contributed by atoms with Gasteiger partial charge in [-0.1, -0.05) is 34.6 Å². The molecular formula is C27H46O4. The molecule has 0 heterocycles. The molecule has 0 aliphatic heterocycles. The minimum atomic E-state index is -1.58. The molecule has 4 saturated carbocycles. The van der Waals surface area contributed by atoms with Gasteiger partial charge in [-0.15, -0.1) is 0 Å². The maximum absolute atomic E-state index is 12.1. The average molecular weight is 435 g/mol. The van der Waals surface area contributed by atoms with Gasteiger partial charge in [0, 0.05) is 25.2 Å². The van der Waals surface area contributed by atoms with Crippen molar-refractivity contribution in [2.45, 2.75) is 111 Å². The highest BCUT2D eigenvalue weighted by molar-refractivity contribution is 5.79. The van der Waals surface area contributed by atoms with Gasteiger partial charge in [-0.25, -0.2) is 0 Å². The van der Waals surface area contributed by atoms with Crippen LogP contribution in [-0.2, 0) is 4.79 Å². The first-order valence-electron chi connectivity index (χ1n) is 13.0.